The van der Waals surface area contributed by atoms with Crippen molar-refractivity contribution in [2.24, 2.45) is 0 Å². The van der Waals surface area contributed by atoms with Crippen LogP contribution in [0, 0.1) is 6.92 Å². The van der Waals surface area contributed by atoms with E-state index in [4.69, 9.17) is 8.94 Å². The van der Waals surface area contributed by atoms with Crippen molar-refractivity contribution in [2.45, 2.75) is 13.5 Å². The van der Waals surface area contributed by atoms with Crippen LogP contribution in [0.1, 0.15) is 21.9 Å². The standard InChI is InChI=1S/C14H12N4O3/c1-9-5-10(17-8-16-9)7-15-14(19)11-6-13(21-18-11)12-3-2-4-20-12/h2-6,8H,7H2,1H3,(H,15,19). The van der Waals surface area contributed by atoms with Gasteiger partial charge in [-0.3, -0.25) is 4.79 Å². The predicted molar refractivity (Wildman–Crippen MR) is 72.1 cm³/mol. The Morgan fingerprint density at radius 3 is 2.95 bits per heavy atom. The van der Waals surface area contributed by atoms with Gasteiger partial charge in [0.1, 0.15) is 6.33 Å². The number of amides is 1. The van der Waals surface area contributed by atoms with Crippen LogP contribution in [0.3, 0.4) is 0 Å². The number of hydrogen-bond donors (Lipinski definition) is 1. The molecule has 0 aliphatic heterocycles. The molecule has 0 bridgehead atoms. The zero-order valence-electron chi connectivity index (χ0n) is 11.2. The van der Waals surface area contributed by atoms with E-state index in [1.54, 1.807) is 18.2 Å². The van der Waals surface area contributed by atoms with Gasteiger partial charge in [-0.15, -0.1) is 0 Å². The predicted octanol–water partition coefficient (Wildman–Crippen LogP) is 1.96. The van der Waals surface area contributed by atoms with Crippen LogP contribution in [-0.2, 0) is 6.54 Å². The number of nitrogens with one attached hydrogen (secondary N) is 1. The molecule has 0 saturated heterocycles. The van der Waals surface area contributed by atoms with E-state index in [-0.39, 0.29) is 11.6 Å². The third kappa shape index (κ3) is 2.97. The first-order valence-electron chi connectivity index (χ1n) is 6.29. The number of carbonyl (C=O) groups excluding carboxylic acids is 1. The number of aromatic nitrogens is 3. The van der Waals surface area contributed by atoms with E-state index in [1.165, 1.54) is 18.7 Å². The topological polar surface area (TPSA) is 94.1 Å². The first kappa shape index (κ1) is 13.0. The zero-order chi connectivity index (χ0) is 14.7. The van der Waals surface area contributed by atoms with Gasteiger partial charge in [-0.05, 0) is 25.1 Å². The highest BCUT2D eigenvalue weighted by molar-refractivity contribution is 5.92. The second-order valence-corrected chi connectivity index (χ2v) is 4.39. The highest BCUT2D eigenvalue weighted by Crippen LogP contribution is 2.20. The van der Waals surface area contributed by atoms with Gasteiger partial charge < -0.3 is 14.3 Å². The SMILES string of the molecule is Cc1cc(CNC(=O)c2cc(-c3ccco3)on2)ncn1. The number of nitrogens with zero attached hydrogens (tertiary/aromatic N) is 3. The van der Waals surface area contributed by atoms with Crippen molar-refractivity contribution in [3.8, 4) is 11.5 Å². The highest BCUT2D eigenvalue weighted by Gasteiger charge is 2.15. The van der Waals surface area contributed by atoms with Crippen molar-refractivity contribution in [1.29, 1.82) is 0 Å². The average molecular weight is 284 g/mol. The lowest BCUT2D eigenvalue weighted by Crippen LogP contribution is -2.23. The van der Waals surface area contributed by atoms with Crippen molar-refractivity contribution in [1.82, 2.24) is 20.4 Å². The number of carbonyl (C=O) groups is 1. The molecule has 3 heterocycles. The summed E-state index contributed by atoms with van der Waals surface area (Å²) in [5.74, 6) is 0.587. The molecule has 1 N–H and O–H groups in total. The molecule has 7 nitrogen and oxygen atoms in total. The second kappa shape index (κ2) is 5.58. The molecule has 0 fully saturated rings. The largest absolute Gasteiger partial charge is 0.461 e. The van der Waals surface area contributed by atoms with E-state index in [1.807, 2.05) is 6.92 Å². The molecular formula is C14H12N4O3. The van der Waals surface area contributed by atoms with Gasteiger partial charge in [0.25, 0.3) is 5.91 Å². The Kier molecular flexibility index (Phi) is 3.46. The molecule has 0 aromatic carbocycles. The van der Waals surface area contributed by atoms with Crippen molar-refractivity contribution in [3.63, 3.8) is 0 Å². The lowest BCUT2D eigenvalue weighted by atomic mass is 10.3. The van der Waals surface area contributed by atoms with E-state index in [9.17, 15) is 4.79 Å². The third-order valence-electron chi connectivity index (χ3n) is 2.80. The van der Waals surface area contributed by atoms with Gasteiger partial charge in [-0.1, -0.05) is 5.16 Å². The smallest absolute Gasteiger partial charge is 0.273 e. The molecule has 3 aromatic rings. The number of aryl methyl sites for hydroxylation is 1. The summed E-state index contributed by atoms with van der Waals surface area (Å²) in [6.45, 7) is 2.16. The quantitative estimate of drug-likeness (QED) is 0.787. The fraction of sp³-hybridized carbons (Fsp3) is 0.143. The number of furan rings is 1. The normalized spacial score (nSPS) is 10.5. The molecule has 0 atom stereocenters. The Morgan fingerprint density at radius 1 is 1.29 bits per heavy atom. The van der Waals surface area contributed by atoms with Crippen molar-refractivity contribution >= 4 is 5.91 Å². The summed E-state index contributed by atoms with van der Waals surface area (Å²) in [6, 6.07) is 6.79. The van der Waals surface area contributed by atoms with Crippen molar-refractivity contribution < 1.29 is 13.7 Å². The van der Waals surface area contributed by atoms with Crippen LogP contribution < -0.4 is 5.32 Å². The van der Waals surface area contributed by atoms with Crippen LogP contribution in [0.5, 0.6) is 0 Å². The number of hydrogen-bond acceptors (Lipinski definition) is 6. The molecule has 3 rings (SSSR count). The average Bonchev–Trinajstić information content (AvgIpc) is 3.15. The second-order valence-electron chi connectivity index (χ2n) is 4.39. The molecule has 1 amide bonds. The lowest BCUT2D eigenvalue weighted by molar-refractivity contribution is 0.0941. The van der Waals surface area contributed by atoms with E-state index in [0.717, 1.165) is 11.4 Å². The summed E-state index contributed by atoms with van der Waals surface area (Å²) < 4.78 is 10.2. The molecule has 106 valence electrons. The van der Waals surface area contributed by atoms with Gasteiger partial charge in [-0.2, -0.15) is 0 Å². The summed E-state index contributed by atoms with van der Waals surface area (Å²) in [6.07, 6.45) is 2.98. The highest BCUT2D eigenvalue weighted by atomic mass is 16.5. The van der Waals surface area contributed by atoms with E-state index >= 15 is 0 Å². The summed E-state index contributed by atoms with van der Waals surface area (Å²) >= 11 is 0. The first-order chi connectivity index (χ1) is 10.2. The number of rotatable bonds is 4. The molecule has 0 saturated carbocycles. The lowest BCUT2D eigenvalue weighted by Gasteiger charge is -2.02. The summed E-state index contributed by atoms with van der Waals surface area (Å²) in [5.41, 5.74) is 1.76. The molecule has 0 aliphatic carbocycles. The van der Waals surface area contributed by atoms with E-state index in [0.29, 0.717) is 18.1 Å². The minimum absolute atomic E-state index is 0.187. The van der Waals surface area contributed by atoms with Gasteiger partial charge >= 0.3 is 0 Å². The summed E-state index contributed by atoms with van der Waals surface area (Å²) in [5, 5.41) is 6.44. The Morgan fingerprint density at radius 2 is 2.19 bits per heavy atom. The molecule has 0 aliphatic rings. The maximum absolute atomic E-state index is 12.0. The third-order valence-corrected chi connectivity index (χ3v) is 2.80. The van der Waals surface area contributed by atoms with Gasteiger partial charge in [0.15, 0.2) is 11.5 Å². The maximum atomic E-state index is 12.0. The molecule has 0 radical (unpaired) electrons. The molecule has 0 spiro atoms. The van der Waals surface area contributed by atoms with Crippen LogP contribution >= 0.6 is 0 Å². The Labute approximate surface area is 120 Å². The van der Waals surface area contributed by atoms with Crippen LogP contribution in [0.2, 0.25) is 0 Å². The molecular weight excluding hydrogens is 272 g/mol. The van der Waals surface area contributed by atoms with Crippen LogP contribution in [0.4, 0.5) is 0 Å². The van der Waals surface area contributed by atoms with Gasteiger partial charge in [0, 0.05) is 11.8 Å². The summed E-state index contributed by atoms with van der Waals surface area (Å²) in [4.78, 5) is 20.0. The van der Waals surface area contributed by atoms with E-state index in [2.05, 4.69) is 20.4 Å². The first-order valence-corrected chi connectivity index (χ1v) is 6.29. The van der Waals surface area contributed by atoms with Crippen LogP contribution in [-0.4, -0.2) is 21.0 Å². The summed E-state index contributed by atoms with van der Waals surface area (Å²) in [7, 11) is 0. The Hall–Kier alpha value is -2.96. The molecule has 3 aromatic heterocycles. The van der Waals surface area contributed by atoms with Gasteiger partial charge in [0.2, 0.25) is 5.76 Å². The van der Waals surface area contributed by atoms with Crippen LogP contribution in [0.25, 0.3) is 11.5 Å². The van der Waals surface area contributed by atoms with E-state index < -0.39 is 0 Å². The maximum Gasteiger partial charge on any atom is 0.273 e. The fourth-order valence-corrected chi connectivity index (χ4v) is 1.78. The van der Waals surface area contributed by atoms with Crippen LogP contribution in [0.15, 0.2) is 45.8 Å². The zero-order valence-corrected chi connectivity index (χ0v) is 11.2. The minimum atomic E-state index is -0.340. The fourth-order valence-electron chi connectivity index (χ4n) is 1.78. The Bertz CT molecular complexity index is 749. The Balaban J connectivity index is 1.66. The molecule has 21 heavy (non-hydrogen) atoms. The van der Waals surface area contributed by atoms with Crippen molar-refractivity contribution in [3.05, 3.63) is 53.9 Å². The van der Waals surface area contributed by atoms with Gasteiger partial charge in [0.05, 0.1) is 18.5 Å². The molecule has 0 unspecified atom stereocenters. The monoisotopic (exact) mass is 284 g/mol. The minimum Gasteiger partial charge on any atom is -0.461 e. The molecule has 7 heteroatoms. The van der Waals surface area contributed by atoms with Gasteiger partial charge in [-0.25, -0.2) is 9.97 Å². The van der Waals surface area contributed by atoms with Crippen molar-refractivity contribution in [2.75, 3.05) is 0 Å².